The lowest BCUT2D eigenvalue weighted by molar-refractivity contribution is 0.181. The third-order valence-electron chi connectivity index (χ3n) is 3.81. The van der Waals surface area contributed by atoms with Crippen LogP contribution in [0.4, 0.5) is 0 Å². The summed E-state index contributed by atoms with van der Waals surface area (Å²) in [7, 11) is 5.88. The summed E-state index contributed by atoms with van der Waals surface area (Å²) in [6.07, 6.45) is 7.27. The van der Waals surface area contributed by atoms with Gasteiger partial charge in [0.05, 0.1) is 12.8 Å². The first-order valence-corrected chi connectivity index (χ1v) is 7.66. The molecule has 2 rings (SSSR count). The second-order valence-electron chi connectivity index (χ2n) is 5.71. The molecule has 1 unspecified atom stereocenters. The fourth-order valence-electron chi connectivity index (χ4n) is 2.68. The molecule has 0 saturated carbocycles. The number of aromatic nitrogens is 2. The van der Waals surface area contributed by atoms with Crippen LogP contribution in [0.1, 0.15) is 18.4 Å². The van der Waals surface area contributed by atoms with E-state index in [-0.39, 0.29) is 24.0 Å². The highest BCUT2D eigenvalue weighted by Gasteiger charge is 2.18. The second kappa shape index (κ2) is 10.0. The number of guanidine groups is 1. The van der Waals surface area contributed by atoms with Crippen LogP contribution in [0.3, 0.4) is 0 Å². The zero-order valence-corrected chi connectivity index (χ0v) is 16.1. The Bertz CT molecular complexity index is 457. The smallest absolute Gasteiger partial charge is 0.193 e. The van der Waals surface area contributed by atoms with Gasteiger partial charge in [0.25, 0.3) is 0 Å². The van der Waals surface area contributed by atoms with Crippen molar-refractivity contribution in [1.29, 1.82) is 0 Å². The molecule has 1 saturated heterocycles. The van der Waals surface area contributed by atoms with Gasteiger partial charge in [-0.3, -0.25) is 9.67 Å². The van der Waals surface area contributed by atoms with Crippen molar-refractivity contribution in [3.8, 4) is 0 Å². The van der Waals surface area contributed by atoms with Crippen LogP contribution in [0, 0.1) is 5.92 Å². The fourth-order valence-corrected chi connectivity index (χ4v) is 2.68. The molecule has 22 heavy (non-hydrogen) atoms. The molecule has 7 heteroatoms. The van der Waals surface area contributed by atoms with Crippen LogP contribution in [0.25, 0.3) is 0 Å². The average molecular weight is 421 g/mol. The standard InChI is InChI=1S/C15H27N5O.HI/c1-16-15(19(2)10-14-6-8-21-12-14)17-7-4-5-13-9-18-20(3)11-13;/h9,11,14H,4-8,10,12H2,1-3H3,(H,16,17);1H. The van der Waals surface area contributed by atoms with Gasteiger partial charge in [0.15, 0.2) is 5.96 Å². The number of nitrogens with one attached hydrogen (secondary N) is 1. The minimum atomic E-state index is 0. The molecule has 1 aliphatic rings. The van der Waals surface area contributed by atoms with Gasteiger partial charge in [-0.1, -0.05) is 0 Å². The van der Waals surface area contributed by atoms with Crippen molar-refractivity contribution >= 4 is 29.9 Å². The number of ether oxygens (including phenoxy) is 1. The highest BCUT2D eigenvalue weighted by atomic mass is 127. The first-order chi connectivity index (χ1) is 10.2. The van der Waals surface area contributed by atoms with Gasteiger partial charge >= 0.3 is 0 Å². The van der Waals surface area contributed by atoms with Gasteiger partial charge in [0.1, 0.15) is 0 Å². The molecular weight excluding hydrogens is 393 g/mol. The summed E-state index contributed by atoms with van der Waals surface area (Å²) in [6, 6.07) is 0. The van der Waals surface area contributed by atoms with E-state index in [1.165, 1.54) is 5.56 Å². The molecule has 1 N–H and O–H groups in total. The van der Waals surface area contributed by atoms with Crippen LogP contribution in [0.5, 0.6) is 0 Å². The van der Waals surface area contributed by atoms with Crippen molar-refractivity contribution in [2.45, 2.75) is 19.3 Å². The van der Waals surface area contributed by atoms with Crippen LogP contribution >= 0.6 is 24.0 Å². The summed E-state index contributed by atoms with van der Waals surface area (Å²) in [5, 5.41) is 7.61. The predicted molar refractivity (Wildman–Crippen MR) is 99.9 cm³/mol. The van der Waals surface area contributed by atoms with Gasteiger partial charge in [-0.05, 0) is 24.8 Å². The third-order valence-corrected chi connectivity index (χ3v) is 3.81. The summed E-state index contributed by atoms with van der Waals surface area (Å²) in [5.41, 5.74) is 1.28. The van der Waals surface area contributed by atoms with E-state index in [0.717, 1.165) is 51.5 Å². The number of nitrogens with zero attached hydrogens (tertiary/aromatic N) is 4. The summed E-state index contributed by atoms with van der Waals surface area (Å²) in [4.78, 5) is 6.55. The number of aryl methyl sites for hydroxylation is 2. The maximum Gasteiger partial charge on any atom is 0.193 e. The Morgan fingerprint density at radius 2 is 2.41 bits per heavy atom. The molecule has 0 spiro atoms. The van der Waals surface area contributed by atoms with Gasteiger partial charge in [-0.25, -0.2) is 0 Å². The Hall–Kier alpha value is -0.830. The fraction of sp³-hybridized carbons (Fsp3) is 0.733. The third kappa shape index (κ3) is 6.12. The molecule has 0 bridgehead atoms. The molecule has 1 aromatic heterocycles. The summed E-state index contributed by atoms with van der Waals surface area (Å²) >= 11 is 0. The predicted octanol–water partition coefficient (Wildman–Crippen LogP) is 1.51. The highest BCUT2D eigenvalue weighted by Crippen LogP contribution is 2.13. The Morgan fingerprint density at radius 1 is 1.59 bits per heavy atom. The maximum absolute atomic E-state index is 5.43. The van der Waals surface area contributed by atoms with Crippen molar-refractivity contribution in [2.24, 2.45) is 18.0 Å². The molecule has 1 aliphatic heterocycles. The molecule has 6 nitrogen and oxygen atoms in total. The minimum Gasteiger partial charge on any atom is -0.381 e. The topological polar surface area (TPSA) is 54.7 Å². The molecule has 0 aliphatic carbocycles. The zero-order chi connectivity index (χ0) is 15.1. The number of halogens is 1. The van der Waals surface area contributed by atoms with Crippen molar-refractivity contribution in [2.75, 3.05) is 40.4 Å². The summed E-state index contributed by atoms with van der Waals surface area (Å²) in [5.74, 6) is 1.59. The molecular formula is C15H28IN5O. The Labute approximate surface area is 150 Å². The van der Waals surface area contributed by atoms with Gasteiger partial charge in [0.2, 0.25) is 0 Å². The Balaban J connectivity index is 0.00000242. The van der Waals surface area contributed by atoms with Crippen LogP contribution in [-0.2, 0) is 18.2 Å². The second-order valence-corrected chi connectivity index (χ2v) is 5.71. The van der Waals surface area contributed by atoms with Crippen molar-refractivity contribution in [3.63, 3.8) is 0 Å². The summed E-state index contributed by atoms with van der Waals surface area (Å²) < 4.78 is 7.27. The van der Waals surface area contributed by atoms with Gasteiger partial charge in [0, 0.05) is 53.0 Å². The lowest BCUT2D eigenvalue weighted by Gasteiger charge is -2.24. The number of rotatable bonds is 6. The van der Waals surface area contributed by atoms with Crippen molar-refractivity contribution in [1.82, 2.24) is 20.0 Å². The quantitative estimate of drug-likeness (QED) is 0.328. The van der Waals surface area contributed by atoms with Crippen molar-refractivity contribution in [3.05, 3.63) is 18.0 Å². The molecule has 0 amide bonds. The molecule has 0 radical (unpaired) electrons. The van der Waals surface area contributed by atoms with E-state index in [0.29, 0.717) is 5.92 Å². The molecule has 0 aromatic carbocycles. The van der Waals surface area contributed by atoms with Gasteiger partial charge < -0.3 is 15.0 Å². The van der Waals surface area contributed by atoms with Crippen LogP contribution in [-0.4, -0.2) is 61.0 Å². The largest absolute Gasteiger partial charge is 0.381 e. The van der Waals surface area contributed by atoms with E-state index in [4.69, 9.17) is 4.74 Å². The lowest BCUT2D eigenvalue weighted by atomic mass is 10.1. The Morgan fingerprint density at radius 3 is 3.00 bits per heavy atom. The summed E-state index contributed by atoms with van der Waals surface area (Å²) in [6.45, 7) is 3.70. The number of hydrogen-bond acceptors (Lipinski definition) is 3. The Kier molecular flexibility index (Phi) is 8.77. The highest BCUT2D eigenvalue weighted by molar-refractivity contribution is 14.0. The minimum absolute atomic E-state index is 0. The SMILES string of the molecule is CN=C(NCCCc1cnn(C)c1)N(C)CC1CCOC1.I. The van der Waals surface area contributed by atoms with Crippen molar-refractivity contribution < 1.29 is 4.74 Å². The van der Waals surface area contributed by atoms with E-state index >= 15 is 0 Å². The molecule has 1 atom stereocenters. The zero-order valence-electron chi connectivity index (χ0n) is 13.8. The molecule has 2 heterocycles. The first-order valence-electron chi connectivity index (χ1n) is 7.66. The van der Waals surface area contributed by atoms with Crippen LogP contribution in [0.15, 0.2) is 17.4 Å². The van der Waals surface area contributed by atoms with Crippen LogP contribution < -0.4 is 5.32 Å². The van der Waals surface area contributed by atoms with E-state index < -0.39 is 0 Å². The maximum atomic E-state index is 5.43. The molecule has 1 aromatic rings. The van der Waals surface area contributed by atoms with Crippen LogP contribution in [0.2, 0.25) is 0 Å². The lowest BCUT2D eigenvalue weighted by Crippen LogP contribution is -2.41. The molecule has 1 fully saturated rings. The van der Waals surface area contributed by atoms with E-state index in [9.17, 15) is 0 Å². The van der Waals surface area contributed by atoms with E-state index in [1.54, 1.807) is 0 Å². The average Bonchev–Trinajstić information content (AvgIpc) is 3.10. The van der Waals surface area contributed by atoms with E-state index in [2.05, 4.69) is 33.6 Å². The monoisotopic (exact) mass is 421 g/mol. The first kappa shape index (κ1) is 19.2. The number of hydrogen-bond donors (Lipinski definition) is 1. The number of aliphatic imine (C=N–C) groups is 1. The van der Waals surface area contributed by atoms with Gasteiger partial charge in [-0.2, -0.15) is 5.10 Å². The normalized spacial score (nSPS) is 18.1. The molecule has 126 valence electrons. The van der Waals surface area contributed by atoms with Gasteiger partial charge in [-0.15, -0.1) is 24.0 Å². The van der Waals surface area contributed by atoms with E-state index in [1.807, 2.05) is 25.0 Å².